The van der Waals surface area contributed by atoms with Gasteiger partial charge < -0.3 is 9.64 Å². The number of methoxy groups -OCH3 is 1. The van der Waals surface area contributed by atoms with Crippen LogP contribution in [0.2, 0.25) is 0 Å². The summed E-state index contributed by atoms with van der Waals surface area (Å²) in [7, 11) is 1.76. The summed E-state index contributed by atoms with van der Waals surface area (Å²) in [6.45, 7) is 5.86. The van der Waals surface area contributed by atoms with E-state index >= 15 is 0 Å². The maximum absolute atomic E-state index is 12.8. The zero-order valence-electron chi connectivity index (χ0n) is 12.8. The molecule has 1 amide bonds. The molecule has 21 heavy (non-hydrogen) atoms. The fourth-order valence-corrected chi connectivity index (χ4v) is 4.20. The summed E-state index contributed by atoms with van der Waals surface area (Å²) in [6.07, 6.45) is 1.12. The van der Waals surface area contributed by atoms with Crippen LogP contribution in [0.1, 0.15) is 30.6 Å². The Bertz CT molecular complexity index is 662. The highest BCUT2D eigenvalue weighted by atomic mass is 32.1. The minimum atomic E-state index is -0.00547. The van der Waals surface area contributed by atoms with Crippen LogP contribution in [0.25, 0.3) is 10.1 Å². The number of likely N-dealkylation sites (tertiary alicyclic amines) is 1. The second kappa shape index (κ2) is 5.43. The van der Waals surface area contributed by atoms with Crippen molar-refractivity contribution in [1.29, 1.82) is 0 Å². The minimum absolute atomic E-state index is 0.00547. The zero-order valence-corrected chi connectivity index (χ0v) is 13.6. The van der Waals surface area contributed by atoms with Gasteiger partial charge in [-0.25, -0.2) is 0 Å². The third-order valence-corrected chi connectivity index (χ3v) is 5.38. The Morgan fingerprint density at radius 2 is 2.14 bits per heavy atom. The number of benzene rings is 1. The van der Waals surface area contributed by atoms with E-state index in [1.165, 1.54) is 4.70 Å². The van der Waals surface area contributed by atoms with E-state index in [-0.39, 0.29) is 17.4 Å². The highest BCUT2D eigenvalue weighted by Gasteiger charge is 2.38. The van der Waals surface area contributed by atoms with Gasteiger partial charge in [0.1, 0.15) is 0 Å². The molecule has 1 saturated heterocycles. The number of hydrogen-bond acceptors (Lipinski definition) is 3. The molecule has 0 spiro atoms. The lowest BCUT2D eigenvalue weighted by atomic mass is 9.81. The van der Waals surface area contributed by atoms with Crippen LogP contribution in [0.4, 0.5) is 0 Å². The molecule has 0 unspecified atom stereocenters. The van der Waals surface area contributed by atoms with E-state index in [9.17, 15) is 4.79 Å². The summed E-state index contributed by atoms with van der Waals surface area (Å²) in [5.41, 5.74) is 0.830. The first-order valence-electron chi connectivity index (χ1n) is 7.31. The van der Waals surface area contributed by atoms with Gasteiger partial charge >= 0.3 is 0 Å². The predicted molar refractivity (Wildman–Crippen MR) is 86.9 cm³/mol. The van der Waals surface area contributed by atoms with E-state index in [1.54, 1.807) is 18.4 Å². The van der Waals surface area contributed by atoms with Crippen molar-refractivity contribution in [1.82, 2.24) is 4.90 Å². The molecular weight excluding hydrogens is 282 g/mol. The van der Waals surface area contributed by atoms with Crippen molar-refractivity contribution in [3.05, 3.63) is 35.2 Å². The molecule has 4 heteroatoms. The molecule has 0 bridgehead atoms. The number of fused-ring (bicyclic) bond motifs is 1. The maximum Gasteiger partial charge on any atom is 0.255 e. The Morgan fingerprint density at radius 1 is 1.38 bits per heavy atom. The summed E-state index contributed by atoms with van der Waals surface area (Å²) in [4.78, 5) is 14.8. The number of nitrogens with zero attached hydrogens (tertiary/aromatic N) is 1. The van der Waals surface area contributed by atoms with Crippen molar-refractivity contribution in [2.24, 2.45) is 5.41 Å². The molecule has 3 nitrogen and oxygen atoms in total. The Balaban J connectivity index is 1.86. The van der Waals surface area contributed by atoms with Crippen LogP contribution in [0, 0.1) is 5.41 Å². The van der Waals surface area contributed by atoms with Crippen LogP contribution in [-0.4, -0.2) is 37.1 Å². The molecular formula is C17H21NO2S. The van der Waals surface area contributed by atoms with Crippen molar-refractivity contribution in [3.63, 3.8) is 0 Å². The van der Waals surface area contributed by atoms with Gasteiger partial charge in [-0.2, -0.15) is 0 Å². The highest BCUT2D eigenvalue weighted by Crippen LogP contribution is 2.33. The molecule has 112 valence electrons. The van der Waals surface area contributed by atoms with Gasteiger partial charge in [0.15, 0.2) is 0 Å². The van der Waals surface area contributed by atoms with E-state index in [0.717, 1.165) is 30.5 Å². The fourth-order valence-electron chi connectivity index (χ4n) is 3.26. The van der Waals surface area contributed by atoms with Crippen LogP contribution in [0.3, 0.4) is 0 Å². The summed E-state index contributed by atoms with van der Waals surface area (Å²) >= 11 is 1.64. The summed E-state index contributed by atoms with van der Waals surface area (Å²) < 4.78 is 6.73. The van der Waals surface area contributed by atoms with Crippen LogP contribution >= 0.6 is 11.3 Å². The average Bonchev–Trinajstić information content (AvgIpc) is 2.89. The Morgan fingerprint density at radius 3 is 2.86 bits per heavy atom. The Labute approximate surface area is 129 Å². The maximum atomic E-state index is 12.8. The van der Waals surface area contributed by atoms with Crippen LogP contribution in [-0.2, 0) is 4.74 Å². The van der Waals surface area contributed by atoms with E-state index in [2.05, 4.69) is 19.9 Å². The largest absolute Gasteiger partial charge is 0.381 e. The second-order valence-electron chi connectivity index (χ2n) is 6.37. The number of hydrogen-bond donors (Lipinski definition) is 0. The van der Waals surface area contributed by atoms with Crippen LogP contribution < -0.4 is 0 Å². The first-order chi connectivity index (χ1) is 10.0. The molecule has 1 aliphatic heterocycles. The smallest absolute Gasteiger partial charge is 0.255 e. The van der Waals surface area contributed by atoms with Gasteiger partial charge in [-0.3, -0.25) is 4.79 Å². The predicted octanol–water partition coefficient (Wildman–Crippen LogP) is 3.79. The van der Waals surface area contributed by atoms with Gasteiger partial charge in [-0.1, -0.05) is 32.0 Å². The van der Waals surface area contributed by atoms with Gasteiger partial charge in [0.25, 0.3) is 5.91 Å². The van der Waals surface area contributed by atoms with Crippen molar-refractivity contribution in [2.75, 3.05) is 20.2 Å². The summed E-state index contributed by atoms with van der Waals surface area (Å²) in [6, 6.07) is 8.11. The van der Waals surface area contributed by atoms with Gasteiger partial charge in [0.2, 0.25) is 0 Å². The molecule has 0 radical (unpaired) electrons. The van der Waals surface area contributed by atoms with Crippen molar-refractivity contribution in [2.45, 2.75) is 26.4 Å². The van der Waals surface area contributed by atoms with Gasteiger partial charge in [0, 0.05) is 41.1 Å². The summed E-state index contributed by atoms with van der Waals surface area (Å²) in [5.74, 6) is 0.148. The van der Waals surface area contributed by atoms with E-state index in [1.807, 2.05) is 28.5 Å². The molecule has 0 N–H and O–H groups in total. The lowest BCUT2D eigenvalue weighted by molar-refractivity contribution is -0.0443. The molecule has 0 saturated carbocycles. The third kappa shape index (κ3) is 2.58. The van der Waals surface area contributed by atoms with E-state index < -0.39 is 0 Å². The lowest BCUT2D eigenvalue weighted by Gasteiger charge is -2.43. The SMILES string of the molecule is CO[C@H]1CCN(C(=O)c2csc3ccccc23)CC1(C)C. The van der Waals surface area contributed by atoms with Crippen LogP contribution in [0.15, 0.2) is 29.6 Å². The minimum Gasteiger partial charge on any atom is -0.381 e. The molecule has 3 rings (SSSR count). The zero-order chi connectivity index (χ0) is 15.0. The summed E-state index contributed by atoms with van der Waals surface area (Å²) in [5, 5.41) is 3.06. The molecule has 1 aliphatic rings. The molecule has 0 aliphatic carbocycles. The first kappa shape index (κ1) is 14.5. The molecule has 2 aromatic rings. The second-order valence-corrected chi connectivity index (χ2v) is 7.29. The number of carbonyl (C=O) groups is 1. The Kier molecular flexibility index (Phi) is 3.76. The van der Waals surface area contributed by atoms with E-state index in [0.29, 0.717) is 0 Å². The number of piperidine rings is 1. The number of carbonyl (C=O) groups excluding carboxylic acids is 1. The van der Waals surface area contributed by atoms with Gasteiger partial charge in [0.05, 0.1) is 11.7 Å². The van der Waals surface area contributed by atoms with Crippen molar-refractivity contribution in [3.8, 4) is 0 Å². The Hall–Kier alpha value is -1.39. The normalized spacial score (nSPS) is 21.7. The van der Waals surface area contributed by atoms with Crippen molar-refractivity contribution < 1.29 is 9.53 Å². The molecule has 1 fully saturated rings. The quantitative estimate of drug-likeness (QED) is 0.845. The standard InChI is InChI=1S/C17H21NO2S/c1-17(2)11-18(9-8-15(17)20-3)16(19)13-10-21-14-7-5-4-6-12(13)14/h4-7,10,15H,8-9,11H2,1-3H3/t15-/m0/s1. The number of rotatable bonds is 2. The topological polar surface area (TPSA) is 29.5 Å². The molecule has 1 aromatic carbocycles. The van der Waals surface area contributed by atoms with Gasteiger partial charge in [-0.05, 0) is 12.5 Å². The average molecular weight is 303 g/mol. The third-order valence-electron chi connectivity index (χ3n) is 4.41. The number of thiophene rings is 1. The molecule has 2 heterocycles. The number of amides is 1. The highest BCUT2D eigenvalue weighted by molar-refractivity contribution is 7.17. The monoisotopic (exact) mass is 303 g/mol. The van der Waals surface area contributed by atoms with E-state index in [4.69, 9.17) is 4.74 Å². The lowest BCUT2D eigenvalue weighted by Crippen LogP contribution is -2.51. The van der Waals surface area contributed by atoms with Gasteiger partial charge in [-0.15, -0.1) is 11.3 Å². The fraction of sp³-hybridized carbons (Fsp3) is 0.471. The van der Waals surface area contributed by atoms with Crippen molar-refractivity contribution >= 4 is 27.3 Å². The molecule has 1 aromatic heterocycles. The number of ether oxygens (including phenoxy) is 1. The first-order valence-corrected chi connectivity index (χ1v) is 8.19. The molecule has 1 atom stereocenters. The van der Waals surface area contributed by atoms with Crippen LogP contribution in [0.5, 0.6) is 0 Å².